The van der Waals surface area contributed by atoms with E-state index in [4.69, 9.17) is 4.98 Å². The van der Waals surface area contributed by atoms with Crippen molar-refractivity contribution >= 4 is 39.2 Å². The van der Waals surface area contributed by atoms with Gasteiger partial charge in [0.05, 0.1) is 10.6 Å². The van der Waals surface area contributed by atoms with Crippen LogP contribution >= 0.6 is 23.1 Å². The van der Waals surface area contributed by atoms with Gasteiger partial charge < -0.3 is 5.32 Å². The fourth-order valence-corrected chi connectivity index (χ4v) is 5.57. The third kappa shape index (κ3) is 3.24. The van der Waals surface area contributed by atoms with Crippen LogP contribution in [0, 0.1) is 0 Å². The summed E-state index contributed by atoms with van der Waals surface area (Å²) < 4.78 is 1.78. The maximum absolute atomic E-state index is 13.1. The van der Waals surface area contributed by atoms with E-state index in [9.17, 15) is 9.59 Å². The van der Waals surface area contributed by atoms with Gasteiger partial charge in [-0.05, 0) is 51.0 Å². The number of thioether (sulfide) groups is 1. The number of amides is 1. The molecule has 5 nitrogen and oxygen atoms in total. The highest BCUT2D eigenvalue weighted by Gasteiger charge is 2.28. The summed E-state index contributed by atoms with van der Waals surface area (Å²) in [6.07, 6.45) is 6.22. The van der Waals surface area contributed by atoms with Gasteiger partial charge in [0.25, 0.3) is 5.56 Å². The predicted octanol–water partition coefficient (Wildman–Crippen LogP) is 3.12. The van der Waals surface area contributed by atoms with Gasteiger partial charge >= 0.3 is 0 Å². The molecule has 2 aromatic heterocycles. The predicted molar refractivity (Wildman–Crippen MR) is 103 cm³/mol. The molecule has 0 bridgehead atoms. The first-order chi connectivity index (χ1) is 12.1. The molecule has 7 heteroatoms. The molecule has 1 saturated carbocycles. The van der Waals surface area contributed by atoms with Crippen LogP contribution in [0.1, 0.15) is 50.0 Å². The topological polar surface area (TPSA) is 64.0 Å². The highest BCUT2D eigenvalue weighted by Crippen LogP contribution is 2.36. The average molecular weight is 378 g/mol. The van der Waals surface area contributed by atoms with Crippen LogP contribution < -0.4 is 10.9 Å². The lowest BCUT2D eigenvalue weighted by molar-refractivity contribution is -0.120. The van der Waals surface area contributed by atoms with E-state index in [1.54, 1.807) is 15.9 Å². The third-order valence-electron chi connectivity index (χ3n) is 4.81. The highest BCUT2D eigenvalue weighted by atomic mass is 32.2. The van der Waals surface area contributed by atoms with Gasteiger partial charge in [-0.3, -0.25) is 14.2 Å². The maximum Gasteiger partial charge on any atom is 0.263 e. The van der Waals surface area contributed by atoms with E-state index in [0.717, 1.165) is 48.7 Å². The van der Waals surface area contributed by atoms with Crippen molar-refractivity contribution in [3.05, 3.63) is 20.8 Å². The van der Waals surface area contributed by atoms with E-state index in [-0.39, 0.29) is 16.7 Å². The van der Waals surface area contributed by atoms with Gasteiger partial charge in [0, 0.05) is 17.5 Å². The van der Waals surface area contributed by atoms with E-state index in [1.807, 2.05) is 6.92 Å². The summed E-state index contributed by atoms with van der Waals surface area (Å²) >= 11 is 3.06. The Balaban J connectivity index is 1.70. The fraction of sp³-hybridized carbons (Fsp3) is 0.611. The van der Waals surface area contributed by atoms with Gasteiger partial charge in [0.1, 0.15) is 4.83 Å². The van der Waals surface area contributed by atoms with E-state index >= 15 is 0 Å². The fourth-order valence-electron chi connectivity index (χ4n) is 3.33. The smallest absolute Gasteiger partial charge is 0.263 e. The Morgan fingerprint density at radius 3 is 2.96 bits per heavy atom. The lowest BCUT2D eigenvalue weighted by atomic mass is 10.2. The van der Waals surface area contributed by atoms with Crippen molar-refractivity contribution in [1.82, 2.24) is 14.9 Å². The highest BCUT2D eigenvalue weighted by molar-refractivity contribution is 8.00. The molecule has 0 aliphatic heterocycles. The van der Waals surface area contributed by atoms with Crippen molar-refractivity contribution < 1.29 is 4.79 Å². The lowest BCUT2D eigenvalue weighted by Crippen LogP contribution is -2.33. The molecule has 25 heavy (non-hydrogen) atoms. The molecule has 2 aromatic rings. The summed E-state index contributed by atoms with van der Waals surface area (Å²) in [6.45, 7) is 4.60. The zero-order chi connectivity index (χ0) is 17.6. The molecule has 1 atom stereocenters. The molecule has 1 fully saturated rings. The molecule has 2 aliphatic rings. The number of thiophene rings is 1. The second kappa shape index (κ2) is 6.76. The van der Waals surface area contributed by atoms with Crippen LogP contribution in [0.3, 0.4) is 0 Å². The van der Waals surface area contributed by atoms with Gasteiger partial charge in [-0.25, -0.2) is 4.98 Å². The molecule has 1 amide bonds. The number of fused-ring (bicyclic) bond motifs is 3. The number of aryl methyl sites for hydroxylation is 2. The van der Waals surface area contributed by atoms with Crippen LogP contribution in [0.25, 0.3) is 10.2 Å². The van der Waals surface area contributed by atoms with Crippen molar-refractivity contribution in [3.63, 3.8) is 0 Å². The molecular weight excluding hydrogens is 354 g/mol. The number of hydrogen-bond donors (Lipinski definition) is 1. The minimum Gasteiger partial charge on any atom is -0.352 e. The Bertz CT molecular complexity index is 883. The number of hydrogen-bond acceptors (Lipinski definition) is 5. The Hall–Kier alpha value is -1.34. The largest absolute Gasteiger partial charge is 0.352 e. The molecule has 0 aromatic carbocycles. The van der Waals surface area contributed by atoms with E-state index in [0.29, 0.717) is 17.7 Å². The maximum atomic E-state index is 13.1. The number of rotatable bonds is 6. The van der Waals surface area contributed by atoms with Crippen LogP contribution in [0.2, 0.25) is 0 Å². The molecule has 0 saturated heterocycles. The number of nitrogens with one attached hydrogen (secondary N) is 1. The van der Waals surface area contributed by atoms with Gasteiger partial charge in [-0.2, -0.15) is 0 Å². The molecule has 134 valence electrons. The van der Waals surface area contributed by atoms with E-state index in [2.05, 4.69) is 12.2 Å². The summed E-state index contributed by atoms with van der Waals surface area (Å²) in [5, 5.41) is 4.29. The number of carbonyl (C=O) groups excluding carboxylic acids is 1. The summed E-state index contributed by atoms with van der Waals surface area (Å²) in [5.41, 5.74) is 1.29. The number of carbonyl (C=O) groups is 1. The normalized spacial score (nSPS) is 17.7. The Kier molecular flexibility index (Phi) is 4.62. The molecule has 0 spiro atoms. The first-order valence-electron chi connectivity index (χ1n) is 9.10. The van der Waals surface area contributed by atoms with Crippen molar-refractivity contribution in [2.24, 2.45) is 0 Å². The monoisotopic (exact) mass is 377 g/mol. The van der Waals surface area contributed by atoms with E-state index < -0.39 is 0 Å². The van der Waals surface area contributed by atoms with Crippen molar-refractivity contribution in [3.8, 4) is 0 Å². The van der Waals surface area contributed by atoms with Gasteiger partial charge in [-0.15, -0.1) is 11.3 Å². The van der Waals surface area contributed by atoms with Crippen LogP contribution in [0.4, 0.5) is 0 Å². The molecule has 2 aliphatic carbocycles. The molecule has 2 heterocycles. The molecule has 4 rings (SSSR count). The zero-order valence-corrected chi connectivity index (χ0v) is 16.3. The number of aromatic nitrogens is 2. The van der Waals surface area contributed by atoms with E-state index in [1.165, 1.54) is 22.2 Å². The van der Waals surface area contributed by atoms with Crippen molar-refractivity contribution in [1.29, 1.82) is 0 Å². The Morgan fingerprint density at radius 1 is 1.44 bits per heavy atom. The number of nitrogens with zero attached hydrogens (tertiary/aromatic N) is 2. The second-order valence-electron chi connectivity index (χ2n) is 6.93. The molecule has 0 unspecified atom stereocenters. The second-order valence-corrected chi connectivity index (χ2v) is 9.32. The first kappa shape index (κ1) is 17.1. The Morgan fingerprint density at radius 2 is 2.24 bits per heavy atom. The quantitative estimate of drug-likeness (QED) is 0.621. The van der Waals surface area contributed by atoms with Crippen molar-refractivity contribution in [2.45, 2.75) is 75.4 Å². The summed E-state index contributed by atoms with van der Waals surface area (Å²) in [5.74, 6) is 0.0403. The van der Waals surface area contributed by atoms with Crippen molar-refractivity contribution in [2.75, 3.05) is 0 Å². The van der Waals surface area contributed by atoms with Gasteiger partial charge in [0.2, 0.25) is 5.91 Å². The molecular formula is C18H23N3O2S2. The Labute approximate surface area is 155 Å². The standard InChI is InChI=1S/C18H23N3O2S2/c1-3-9-21-17(23)14-12-5-4-6-13(12)25-16(14)20-18(21)24-10(2)15(22)19-11-7-8-11/h10-11H,3-9H2,1-2H3,(H,19,22)/t10-/m0/s1. The van der Waals surface area contributed by atoms with Crippen LogP contribution in [-0.2, 0) is 24.2 Å². The lowest BCUT2D eigenvalue weighted by Gasteiger charge is -2.15. The van der Waals surface area contributed by atoms with Crippen LogP contribution in [-0.4, -0.2) is 26.8 Å². The minimum absolute atomic E-state index is 0.0403. The zero-order valence-electron chi connectivity index (χ0n) is 14.6. The SMILES string of the molecule is CCCn1c(S[C@@H](C)C(=O)NC2CC2)nc2sc3c(c2c1=O)CCC3. The van der Waals surface area contributed by atoms with Crippen LogP contribution in [0.15, 0.2) is 9.95 Å². The van der Waals surface area contributed by atoms with Gasteiger partial charge in [0.15, 0.2) is 5.16 Å². The summed E-state index contributed by atoms with van der Waals surface area (Å²) in [7, 11) is 0. The first-order valence-corrected chi connectivity index (χ1v) is 10.8. The summed E-state index contributed by atoms with van der Waals surface area (Å²) in [4.78, 5) is 32.4. The average Bonchev–Trinajstić information content (AvgIpc) is 3.15. The molecule has 0 radical (unpaired) electrons. The molecule has 1 N–H and O–H groups in total. The van der Waals surface area contributed by atoms with Gasteiger partial charge in [-0.1, -0.05) is 18.7 Å². The third-order valence-corrected chi connectivity index (χ3v) is 7.09. The summed E-state index contributed by atoms with van der Waals surface area (Å²) in [6, 6.07) is 0.351. The minimum atomic E-state index is -0.250. The van der Waals surface area contributed by atoms with Crippen LogP contribution in [0.5, 0.6) is 0 Å².